The van der Waals surface area contributed by atoms with Crippen molar-refractivity contribution in [2.24, 2.45) is 11.3 Å². The molecule has 2 nitrogen and oxygen atoms in total. The quantitative estimate of drug-likeness (QED) is 0.829. The van der Waals surface area contributed by atoms with Gasteiger partial charge in [0.2, 0.25) is 0 Å². The van der Waals surface area contributed by atoms with E-state index in [4.69, 9.17) is 0 Å². The van der Waals surface area contributed by atoms with Crippen molar-refractivity contribution in [3.8, 4) is 0 Å². The summed E-state index contributed by atoms with van der Waals surface area (Å²) in [5.41, 5.74) is 0.573. The molecule has 0 bridgehead atoms. The molecular formula is C16H32N2. The molecule has 2 fully saturated rings. The maximum atomic E-state index is 3.55. The Kier molecular flexibility index (Phi) is 5.08. The second-order valence-electron chi connectivity index (χ2n) is 7.26. The van der Waals surface area contributed by atoms with Crippen molar-refractivity contribution in [2.75, 3.05) is 26.7 Å². The zero-order valence-electron chi connectivity index (χ0n) is 12.7. The lowest BCUT2D eigenvalue weighted by atomic mass is 9.84. The fourth-order valence-electron chi connectivity index (χ4n) is 3.80. The molecule has 0 aromatic carbocycles. The highest BCUT2D eigenvalue weighted by atomic mass is 15.1. The van der Waals surface area contributed by atoms with Crippen molar-refractivity contribution in [1.29, 1.82) is 0 Å². The van der Waals surface area contributed by atoms with E-state index in [0.717, 1.165) is 12.0 Å². The molecule has 2 rings (SSSR count). The van der Waals surface area contributed by atoms with E-state index in [1.165, 1.54) is 64.6 Å². The Morgan fingerprint density at radius 1 is 1.06 bits per heavy atom. The summed E-state index contributed by atoms with van der Waals surface area (Å²) >= 11 is 0. The third-order valence-corrected chi connectivity index (χ3v) is 5.21. The lowest BCUT2D eigenvalue weighted by Crippen LogP contribution is -2.43. The molecule has 1 aliphatic carbocycles. The van der Waals surface area contributed by atoms with E-state index in [9.17, 15) is 0 Å². The fourth-order valence-corrected chi connectivity index (χ4v) is 3.80. The van der Waals surface area contributed by atoms with Crippen LogP contribution in [0.2, 0.25) is 0 Å². The predicted octanol–water partition coefficient (Wildman–Crippen LogP) is 3.28. The summed E-state index contributed by atoms with van der Waals surface area (Å²) in [4.78, 5) is 2.75. The molecule has 1 N–H and O–H groups in total. The SMILES string of the molecule is CNC1CCCCC1CN1CCCC(C)(C)CC1. The van der Waals surface area contributed by atoms with Gasteiger partial charge in [0.1, 0.15) is 0 Å². The predicted molar refractivity (Wildman–Crippen MR) is 78.9 cm³/mol. The second-order valence-corrected chi connectivity index (χ2v) is 7.26. The van der Waals surface area contributed by atoms with Gasteiger partial charge in [-0.1, -0.05) is 26.7 Å². The van der Waals surface area contributed by atoms with Crippen LogP contribution in [-0.2, 0) is 0 Å². The number of nitrogens with one attached hydrogen (secondary N) is 1. The van der Waals surface area contributed by atoms with Gasteiger partial charge in [-0.3, -0.25) is 0 Å². The van der Waals surface area contributed by atoms with Gasteiger partial charge in [0.05, 0.1) is 0 Å². The highest BCUT2D eigenvalue weighted by Crippen LogP contribution is 2.31. The van der Waals surface area contributed by atoms with E-state index in [0.29, 0.717) is 5.41 Å². The van der Waals surface area contributed by atoms with Gasteiger partial charge in [0, 0.05) is 12.6 Å². The van der Waals surface area contributed by atoms with Gasteiger partial charge < -0.3 is 10.2 Å². The van der Waals surface area contributed by atoms with Gasteiger partial charge in [-0.05, 0) is 63.6 Å². The zero-order valence-corrected chi connectivity index (χ0v) is 12.7. The molecule has 1 saturated carbocycles. The topological polar surface area (TPSA) is 15.3 Å². The first kappa shape index (κ1) is 14.3. The van der Waals surface area contributed by atoms with Gasteiger partial charge >= 0.3 is 0 Å². The van der Waals surface area contributed by atoms with Crippen LogP contribution in [0, 0.1) is 11.3 Å². The minimum absolute atomic E-state index is 0.573. The van der Waals surface area contributed by atoms with E-state index < -0.39 is 0 Å². The molecule has 1 saturated heterocycles. The molecule has 1 heterocycles. The van der Waals surface area contributed by atoms with Gasteiger partial charge in [-0.15, -0.1) is 0 Å². The van der Waals surface area contributed by atoms with Crippen LogP contribution in [0.4, 0.5) is 0 Å². The van der Waals surface area contributed by atoms with Crippen LogP contribution >= 0.6 is 0 Å². The summed E-state index contributed by atoms with van der Waals surface area (Å²) in [6, 6.07) is 0.773. The first-order valence-electron chi connectivity index (χ1n) is 8.00. The molecule has 2 unspecified atom stereocenters. The minimum Gasteiger partial charge on any atom is -0.317 e. The molecule has 0 aromatic rings. The van der Waals surface area contributed by atoms with Crippen molar-refractivity contribution in [3.05, 3.63) is 0 Å². The molecule has 2 atom stereocenters. The van der Waals surface area contributed by atoms with Crippen LogP contribution in [0.1, 0.15) is 58.8 Å². The molecule has 2 heteroatoms. The van der Waals surface area contributed by atoms with Crippen molar-refractivity contribution < 1.29 is 0 Å². The Morgan fingerprint density at radius 2 is 1.83 bits per heavy atom. The van der Waals surface area contributed by atoms with Crippen molar-refractivity contribution >= 4 is 0 Å². The third-order valence-electron chi connectivity index (χ3n) is 5.21. The molecule has 2 aliphatic rings. The maximum absolute atomic E-state index is 3.55. The normalized spacial score (nSPS) is 34.2. The molecular weight excluding hydrogens is 220 g/mol. The standard InChI is InChI=1S/C16H32N2/c1-16(2)9-6-11-18(12-10-16)13-14-7-4-5-8-15(14)17-3/h14-15,17H,4-13H2,1-3H3. The zero-order chi connectivity index (χ0) is 13.0. The number of hydrogen-bond donors (Lipinski definition) is 1. The minimum atomic E-state index is 0.573. The summed E-state index contributed by atoms with van der Waals surface area (Å²) in [5.74, 6) is 0.893. The largest absolute Gasteiger partial charge is 0.317 e. The maximum Gasteiger partial charge on any atom is 0.0104 e. The van der Waals surface area contributed by atoms with Gasteiger partial charge in [0.25, 0.3) is 0 Å². The average Bonchev–Trinajstić information content (AvgIpc) is 2.52. The molecule has 106 valence electrons. The van der Waals surface area contributed by atoms with Crippen LogP contribution in [0.5, 0.6) is 0 Å². The third kappa shape index (κ3) is 3.96. The second kappa shape index (κ2) is 6.38. The smallest absolute Gasteiger partial charge is 0.0104 e. The van der Waals surface area contributed by atoms with E-state index in [-0.39, 0.29) is 0 Å². The summed E-state index contributed by atoms with van der Waals surface area (Å²) in [6.45, 7) is 8.86. The Balaban J connectivity index is 1.84. The fraction of sp³-hybridized carbons (Fsp3) is 1.00. The lowest BCUT2D eigenvalue weighted by Gasteiger charge is -2.35. The molecule has 18 heavy (non-hydrogen) atoms. The molecule has 0 amide bonds. The summed E-state index contributed by atoms with van der Waals surface area (Å²) in [7, 11) is 2.15. The van der Waals surface area contributed by atoms with E-state index in [1.54, 1.807) is 0 Å². The molecule has 0 radical (unpaired) electrons. The van der Waals surface area contributed by atoms with Crippen molar-refractivity contribution in [1.82, 2.24) is 10.2 Å². The number of rotatable bonds is 3. The van der Waals surface area contributed by atoms with Crippen LogP contribution in [-0.4, -0.2) is 37.6 Å². The average molecular weight is 252 g/mol. The Bertz CT molecular complexity index is 249. The number of likely N-dealkylation sites (tertiary alicyclic amines) is 1. The lowest BCUT2D eigenvalue weighted by molar-refractivity contribution is 0.171. The van der Waals surface area contributed by atoms with Gasteiger partial charge in [-0.25, -0.2) is 0 Å². The number of hydrogen-bond acceptors (Lipinski definition) is 2. The summed E-state index contributed by atoms with van der Waals surface area (Å²) < 4.78 is 0. The molecule has 1 aliphatic heterocycles. The van der Waals surface area contributed by atoms with Crippen molar-refractivity contribution in [2.45, 2.75) is 64.8 Å². The van der Waals surface area contributed by atoms with Crippen LogP contribution in [0.25, 0.3) is 0 Å². The number of nitrogens with zero attached hydrogens (tertiary/aromatic N) is 1. The van der Waals surface area contributed by atoms with Crippen LogP contribution in [0.3, 0.4) is 0 Å². The van der Waals surface area contributed by atoms with Crippen LogP contribution in [0.15, 0.2) is 0 Å². The van der Waals surface area contributed by atoms with E-state index in [2.05, 4.69) is 31.1 Å². The van der Waals surface area contributed by atoms with Gasteiger partial charge in [0.15, 0.2) is 0 Å². The van der Waals surface area contributed by atoms with Gasteiger partial charge in [-0.2, -0.15) is 0 Å². The van der Waals surface area contributed by atoms with Crippen LogP contribution < -0.4 is 5.32 Å². The van der Waals surface area contributed by atoms with E-state index >= 15 is 0 Å². The highest BCUT2D eigenvalue weighted by molar-refractivity contribution is 4.84. The molecule has 0 aromatic heterocycles. The first-order valence-corrected chi connectivity index (χ1v) is 8.00. The summed E-state index contributed by atoms with van der Waals surface area (Å²) in [6.07, 6.45) is 9.88. The first-order chi connectivity index (χ1) is 8.61. The summed E-state index contributed by atoms with van der Waals surface area (Å²) in [5, 5.41) is 3.55. The Morgan fingerprint density at radius 3 is 2.61 bits per heavy atom. The monoisotopic (exact) mass is 252 g/mol. The Labute approximate surface area is 114 Å². The Hall–Kier alpha value is -0.0800. The van der Waals surface area contributed by atoms with Crippen molar-refractivity contribution in [3.63, 3.8) is 0 Å². The van der Waals surface area contributed by atoms with E-state index in [1.807, 2.05) is 0 Å². The molecule has 0 spiro atoms. The highest BCUT2D eigenvalue weighted by Gasteiger charge is 2.28.